The molecule has 1 aromatic heterocycles. The van der Waals surface area contributed by atoms with Crippen LogP contribution in [0.4, 0.5) is 0 Å². The van der Waals surface area contributed by atoms with Gasteiger partial charge in [-0.2, -0.15) is 0 Å². The number of hydrogen-bond acceptors (Lipinski definition) is 1. The predicted octanol–water partition coefficient (Wildman–Crippen LogP) is 4.17. The molecule has 0 radical (unpaired) electrons. The zero-order chi connectivity index (χ0) is 12.7. The van der Waals surface area contributed by atoms with E-state index in [1.165, 1.54) is 23.0 Å². The van der Waals surface area contributed by atoms with Crippen LogP contribution in [0.5, 0.6) is 0 Å². The first-order valence-electron chi connectivity index (χ1n) is 6.45. The Morgan fingerprint density at radius 3 is 2.89 bits per heavy atom. The highest BCUT2D eigenvalue weighted by molar-refractivity contribution is 9.10. The summed E-state index contributed by atoms with van der Waals surface area (Å²) in [6.07, 6.45) is 3.97. The van der Waals surface area contributed by atoms with Crippen LogP contribution in [0, 0.1) is 0 Å². The van der Waals surface area contributed by atoms with Crippen molar-refractivity contribution in [2.75, 3.05) is 0 Å². The molecular weight excluding hydrogens is 290 g/mol. The van der Waals surface area contributed by atoms with Crippen molar-refractivity contribution in [3.63, 3.8) is 0 Å². The lowest BCUT2D eigenvalue weighted by atomic mass is 9.85. The smallest absolute Gasteiger partial charge is 0.141 e. The highest BCUT2D eigenvalue weighted by atomic mass is 79.9. The fourth-order valence-corrected chi connectivity index (χ4v) is 3.67. The molecule has 1 aliphatic carbocycles. The van der Waals surface area contributed by atoms with Gasteiger partial charge in [0.25, 0.3) is 0 Å². The summed E-state index contributed by atoms with van der Waals surface area (Å²) >= 11 is 3.59. The number of ketones is 1. The molecule has 94 valence electrons. The van der Waals surface area contributed by atoms with Gasteiger partial charge in [-0.1, -0.05) is 18.6 Å². The molecule has 0 bridgehead atoms. The lowest BCUT2D eigenvalue weighted by Gasteiger charge is -2.21. The van der Waals surface area contributed by atoms with E-state index in [-0.39, 0.29) is 5.92 Å². The minimum absolute atomic E-state index is 0.100. The molecule has 1 heterocycles. The maximum atomic E-state index is 12.1. The van der Waals surface area contributed by atoms with Gasteiger partial charge in [0.2, 0.25) is 0 Å². The molecule has 0 aliphatic heterocycles. The maximum Gasteiger partial charge on any atom is 0.141 e. The zero-order valence-electron chi connectivity index (χ0n) is 10.4. The quantitative estimate of drug-likeness (QED) is 0.775. The van der Waals surface area contributed by atoms with Gasteiger partial charge in [0.05, 0.1) is 11.4 Å². The molecule has 1 unspecified atom stereocenters. The highest BCUT2D eigenvalue weighted by Crippen LogP contribution is 2.35. The van der Waals surface area contributed by atoms with Gasteiger partial charge in [-0.3, -0.25) is 4.79 Å². The first kappa shape index (κ1) is 12.0. The lowest BCUT2D eigenvalue weighted by Crippen LogP contribution is -2.19. The van der Waals surface area contributed by atoms with Gasteiger partial charge in [0.1, 0.15) is 5.78 Å². The minimum atomic E-state index is 0.100. The van der Waals surface area contributed by atoms with Crippen molar-refractivity contribution in [2.45, 2.75) is 31.6 Å². The average Bonchev–Trinajstić information content (AvgIpc) is 2.69. The summed E-state index contributed by atoms with van der Waals surface area (Å²) in [5.74, 6) is 0.506. The first-order valence-corrected chi connectivity index (χ1v) is 7.24. The standard InChI is InChI=1S/C15H16BrNO/c1-17-13(11-6-2-3-8-14(11)18)9-10-5-4-7-12(16)15(10)17/h4-5,7,9,11H,2-3,6,8H2,1H3. The molecule has 18 heavy (non-hydrogen) atoms. The maximum absolute atomic E-state index is 12.1. The normalized spacial score (nSPS) is 20.6. The van der Waals surface area contributed by atoms with E-state index in [9.17, 15) is 4.79 Å². The average molecular weight is 306 g/mol. The highest BCUT2D eigenvalue weighted by Gasteiger charge is 2.26. The third-order valence-corrected chi connectivity index (χ3v) is 4.60. The summed E-state index contributed by atoms with van der Waals surface area (Å²) < 4.78 is 3.27. The van der Waals surface area contributed by atoms with Crippen molar-refractivity contribution < 1.29 is 4.79 Å². The second kappa shape index (κ2) is 4.54. The fourth-order valence-electron chi connectivity index (χ4n) is 3.02. The summed E-state index contributed by atoms with van der Waals surface area (Å²) in [4.78, 5) is 12.1. The number of rotatable bonds is 1. The second-order valence-corrected chi connectivity index (χ2v) is 5.92. The molecule has 0 amide bonds. The van der Waals surface area contributed by atoms with E-state index in [1.807, 2.05) is 6.07 Å². The van der Waals surface area contributed by atoms with E-state index < -0.39 is 0 Å². The number of Topliss-reactive ketones (excluding diaryl/α,β-unsaturated/α-hetero) is 1. The molecule has 1 saturated carbocycles. The van der Waals surface area contributed by atoms with Crippen LogP contribution in [0.2, 0.25) is 0 Å². The molecule has 1 aliphatic rings. The van der Waals surface area contributed by atoms with E-state index >= 15 is 0 Å². The SMILES string of the molecule is Cn1c(C2CCCCC2=O)cc2cccc(Br)c21. The summed E-state index contributed by atoms with van der Waals surface area (Å²) in [6, 6.07) is 8.37. The van der Waals surface area contributed by atoms with Crippen molar-refractivity contribution in [2.24, 2.45) is 7.05 Å². The minimum Gasteiger partial charge on any atom is -0.346 e. The van der Waals surface area contributed by atoms with Crippen molar-refractivity contribution in [1.29, 1.82) is 0 Å². The fraction of sp³-hybridized carbons (Fsp3) is 0.400. The number of fused-ring (bicyclic) bond motifs is 1. The van der Waals surface area contributed by atoms with Crippen LogP contribution in [0.15, 0.2) is 28.7 Å². The number of carbonyl (C=O) groups excluding carboxylic acids is 1. The molecular formula is C15H16BrNO. The topological polar surface area (TPSA) is 22.0 Å². The van der Waals surface area contributed by atoms with E-state index in [0.29, 0.717) is 5.78 Å². The van der Waals surface area contributed by atoms with Crippen LogP contribution in [-0.4, -0.2) is 10.4 Å². The van der Waals surface area contributed by atoms with Gasteiger partial charge in [0.15, 0.2) is 0 Å². The summed E-state index contributed by atoms with van der Waals surface area (Å²) in [5.41, 5.74) is 2.35. The number of para-hydroxylation sites is 1. The number of aromatic nitrogens is 1. The molecule has 3 rings (SSSR count). The Bertz CT molecular complexity index is 614. The molecule has 1 aromatic carbocycles. The molecule has 2 nitrogen and oxygen atoms in total. The number of benzene rings is 1. The van der Waals surface area contributed by atoms with Crippen molar-refractivity contribution in [3.05, 3.63) is 34.4 Å². The Morgan fingerprint density at radius 1 is 1.33 bits per heavy atom. The number of carbonyl (C=O) groups is 1. The van der Waals surface area contributed by atoms with Crippen LogP contribution in [0.3, 0.4) is 0 Å². The Labute approximate surface area is 115 Å². The zero-order valence-corrected chi connectivity index (χ0v) is 12.0. The van der Waals surface area contributed by atoms with Gasteiger partial charge in [0, 0.05) is 29.0 Å². The monoisotopic (exact) mass is 305 g/mol. The van der Waals surface area contributed by atoms with Gasteiger partial charge in [-0.25, -0.2) is 0 Å². The first-order chi connectivity index (χ1) is 8.68. The Kier molecular flexibility index (Phi) is 3.02. The van der Waals surface area contributed by atoms with Crippen molar-refractivity contribution in [1.82, 2.24) is 4.57 Å². The van der Waals surface area contributed by atoms with Crippen LogP contribution in [-0.2, 0) is 11.8 Å². The van der Waals surface area contributed by atoms with E-state index in [0.717, 1.165) is 23.7 Å². The second-order valence-electron chi connectivity index (χ2n) is 5.07. The van der Waals surface area contributed by atoms with Gasteiger partial charge in [-0.05, 0) is 40.9 Å². The third-order valence-electron chi connectivity index (χ3n) is 3.96. The number of halogens is 1. The largest absolute Gasteiger partial charge is 0.346 e. The molecule has 0 saturated heterocycles. The number of nitrogens with zero attached hydrogens (tertiary/aromatic N) is 1. The molecule has 1 atom stereocenters. The van der Waals surface area contributed by atoms with Crippen LogP contribution >= 0.6 is 15.9 Å². The van der Waals surface area contributed by atoms with Gasteiger partial charge >= 0.3 is 0 Å². The van der Waals surface area contributed by atoms with E-state index in [2.05, 4.69) is 45.7 Å². The predicted molar refractivity (Wildman–Crippen MR) is 76.8 cm³/mol. The Morgan fingerprint density at radius 2 is 2.17 bits per heavy atom. The van der Waals surface area contributed by atoms with Crippen molar-refractivity contribution >= 4 is 32.6 Å². The molecule has 1 fully saturated rings. The van der Waals surface area contributed by atoms with E-state index in [1.54, 1.807) is 0 Å². The lowest BCUT2D eigenvalue weighted by molar-refractivity contribution is -0.122. The summed E-state index contributed by atoms with van der Waals surface area (Å²) in [5, 5.41) is 1.21. The molecule has 0 spiro atoms. The molecule has 3 heteroatoms. The van der Waals surface area contributed by atoms with Crippen LogP contribution in [0.25, 0.3) is 10.9 Å². The Hall–Kier alpha value is -1.09. The molecule has 2 aromatic rings. The summed E-state index contributed by atoms with van der Waals surface area (Å²) in [7, 11) is 2.06. The molecule has 0 N–H and O–H groups in total. The van der Waals surface area contributed by atoms with Crippen LogP contribution in [0.1, 0.15) is 37.3 Å². The number of hydrogen-bond donors (Lipinski definition) is 0. The van der Waals surface area contributed by atoms with Crippen LogP contribution < -0.4 is 0 Å². The summed E-state index contributed by atoms with van der Waals surface area (Å²) in [6.45, 7) is 0. The van der Waals surface area contributed by atoms with Gasteiger partial charge < -0.3 is 4.57 Å². The third kappa shape index (κ3) is 1.81. The van der Waals surface area contributed by atoms with Crippen molar-refractivity contribution in [3.8, 4) is 0 Å². The number of aryl methyl sites for hydroxylation is 1. The van der Waals surface area contributed by atoms with Gasteiger partial charge in [-0.15, -0.1) is 0 Å². The Balaban J connectivity index is 2.15. The van der Waals surface area contributed by atoms with E-state index in [4.69, 9.17) is 0 Å².